The number of hydrogen-bond acceptors (Lipinski definition) is 2. The van der Waals surface area contributed by atoms with Crippen molar-refractivity contribution >= 4 is 21.6 Å². The lowest BCUT2D eigenvalue weighted by atomic mass is 10.1. The Labute approximate surface area is 114 Å². The molecule has 2 nitrogen and oxygen atoms in total. The van der Waals surface area contributed by atoms with Crippen LogP contribution in [0, 0.1) is 0 Å². The lowest BCUT2D eigenvalue weighted by Crippen LogP contribution is -2.26. The second-order valence-corrected chi connectivity index (χ2v) is 5.87. The summed E-state index contributed by atoms with van der Waals surface area (Å²) < 4.78 is 1.18. The average Bonchev–Trinajstić information content (AvgIpc) is 2.26. The van der Waals surface area contributed by atoms with Crippen LogP contribution in [-0.4, -0.2) is 19.1 Å². The minimum atomic E-state index is 0.514. The molecule has 0 saturated heterocycles. The van der Waals surface area contributed by atoms with Crippen molar-refractivity contribution in [2.45, 2.75) is 46.3 Å². The van der Waals surface area contributed by atoms with Crippen LogP contribution in [0.3, 0.4) is 0 Å². The first-order valence-electron chi connectivity index (χ1n) is 6.16. The smallest absolute Gasteiger partial charge is 0.0377 e. The molecule has 0 heterocycles. The third-order valence-corrected chi connectivity index (χ3v) is 3.66. The highest BCUT2D eigenvalue weighted by atomic mass is 79.9. The summed E-state index contributed by atoms with van der Waals surface area (Å²) in [4.78, 5) is 2.27. The van der Waals surface area contributed by atoms with Gasteiger partial charge in [0.1, 0.15) is 0 Å². The third kappa shape index (κ3) is 4.32. The standard InChI is InChI=1S/C14H23BrN2/c1-10(2)16-9-12-6-7-13(8-14(12)15)17(5)11(3)4/h6-8,10-11,16H,9H2,1-5H3. The van der Waals surface area contributed by atoms with Gasteiger partial charge in [-0.1, -0.05) is 35.8 Å². The number of anilines is 1. The number of halogens is 1. The largest absolute Gasteiger partial charge is 0.372 e. The molecule has 1 rings (SSSR count). The Morgan fingerprint density at radius 3 is 2.35 bits per heavy atom. The van der Waals surface area contributed by atoms with Crippen LogP contribution in [-0.2, 0) is 6.54 Å². The second kappa shape index (κ2) is 6.41. The summed E-state index contributed by atoms with van der Waals surface area (Å²) in [6, 6.07) is 7.59. The molecule has 0 atom stereocenters. The first-order chi connectivity index (χ1) is 7.91. The maximum atomic E-state index is 3.65. The normalized spacial score (nSPS) is 11.3. The van der Waals surface area contributed by atoms with E-state index in [1.54, 1.807) is 0 Å². The van der Waals surface area contributed by atoms with Crippen LogP contribution in [0.15, 0.2) is 22.7 Å². The van der Waals surface area contributed by atoms with E-state index in [0.29, 0.717) is 12.1 Å². The van der Waals surface area contributed by atoms with E-state index in [9.17, 15) is 0 Å². The molecular formula is C14H23BrN2. The quantitative estimate of drug-likeness (QED) is 0.890. The van der Waals surface area contributed by atoms with Crippen molar-refractivity contribution in [3.05, 3.63) is 28.2 Å². The maximum absolute atomic E-state index is 3.65. The van der Waals surface area contributed by atoms with Gasteiger partial charge in [0.15, 0.2) is 0 Å². The molecule has 0 spiro atoms. The van der Waals surface area contributed by atoms with Crippen molar-refractivity contribution in [2.24, 2.45) is 0 Å². The van der Waals surface area contributed by atoms with Crippen molar-refractivity contribution in [3.8, 4) is 0 Å². The van der Waals surface area contributed by atoms with E-state index in [2.05, 4.69) is 79.1 Å². The topological polar surface area (TPSA) is 15.3 Å². The van der Waals surface area contributed by atoms with Crippen LogP contribution in [0.4, 0.5) is 5.69 Å². The van der Waals surface area contributed by atoms with Gasteiger partial charge in [-0.3, -0.25) is 0 Å². The summed E-state index contributed by atoms with van der Waals surface area (Å²) in [6.07, 6.45) is 0. The molecule has 0 radical (unpaired) electrons. The van der Waals surface area contributed by atoms with Crippen molar-refractivity contribution in [1.82, 2.24) is 5.32 Å². The molecule has 0 bridgehead atoms. The molecule has 0 aliphatic rings. The second-order valence-electron chi connectivity index (χ2n) is 5.02. The van der Waals surface area contributed by atoms with Crippen LogP contribution in [0.5, 0.6) is 0 Å². The molecule has 0 fully saturated rings. The SMILES string of the molecule is CC(C)NCc1ccc(N(C)C(C)C)cc1Br. The zero-order valence-electron chi connectivity index (χ0n) is 11.4. The molecule has 3 heteroatoms. The number of rotatable bonds is 5. The molecule has 1 N–H and O–H groups in total. The molecule has 0 amide bonds. The van der Waals surface area contributed by atoms with Gasteiger partial charge in [-0.2, -0.15) is 0 Å². The van der Waals surface area contributed by atoms with Crippen LogP contribution >= 0.6 is 15.9 Å². The maximum Gasteiger partial charge on any atom is 0.0377 e. The van der Waals surface area contributed by atoms with Crippen LogP contribution in [0.25, 0.3) is 0 Å². The number of hydrogen-bond donors (Lipinski definition) is 1. The Balaban J connectivity index is 2.79. The Morgan fingerprint density at radius 1 is 1.24 bits per heavy atom. The minimum Gasteiger partial charge on any atom is -0.372 e. The van der Waals surface area contributed by atoms with Gasteiger partial charge in [-0.05, 0) is 31.5 Å². The Morgan fingerprint density at radius 2 is 1.88 bits per heavy atom. The van der Waals surface area contributed by atoms with Gasteiger partial charge < -0.3 is 10.2 Å². The zero-order chi connectivity index (χ0) is 13.0. The molecule has 1 aromatic carbocycles. The van der Waals surface area contributed by atoms with Gasteiger partial charge in [0, 0.05) is 35.8 Å². The van der Waals surface area contributed by atoms with Gasteiger partial charge in [0.05, 0.1) is 0 Å². The van der Waals surface area contributed by atoms with Crippen molar-refractivity contribution in [2.75, 3.05) is 11.9 Å². The predicted molar refractivity (Wildman–Crippen MR) is 79.7 cm³/mol. The van der Waals surface area contributed by atoms with Crippen LogP contribution < -0.4 is 10.2 Å². The molecule has 0 unspecified atom stereocenters. The van der Waals surface area contributed by atoms with E-state index in [-0.39, 0.29) is 0 Å². The molecule has 96 valence electrons. The first kappa shape index (κ1) is 14.5. The highest BCUT2D eigenvalue weighted by Gasteiger charge is 2.07. The monoisotopic (exact) mass is 298 g/mol. The first-order valence-corrected chi connectivity index (χ1v) is 6.95. The van der Waals surface area contributed by atoms with E-state index in [0.717, 1.165) is 6.54 Å². The average molecular weight is 299 g/mol. The summed E-state index contributed by atoms with van der Waals surface area (Å²) in [5, 5.41) is 3.43. The third-order valence-electron chi connectivity index (χ3n) is 2.92. The summed E-state index contributed by atoms with van der Waals surface area (Å²) in [6.45, 7) is 9.62. The van der Waals surface area contributed by atoms with Gasteiger partial charge in [-0.25, -0.2) is 0 Å². The van der Waals surface area contributed by atoms with Crippen LogP contribution in [0.1, 0.15) is 33.3 Å². The zero-order valence-corrected chi connectivity index (χ0v) is 13.0. The van der Waals surface area contributed by atoms with Gasteiger partial charge in [-0.15, -0.1) is 0 Å². The molecule has 0 aromatic heterocycles. The summed E-state index contributed by atoms with van der Waals surface area (Å²) in [7, 11) is 2.12. The fraction of sp³-hybridized carbons (Fsp3) is 0.571. The van der Waals surface area contributed by atoms with Crippen LogP contribution in [0.2, 0.25) is 0 Å². The summed E-state index contributed by atoms with van der Waals surface area (Å²) in [5.74, 6) is 0. The molecule has 0 aliphatic heterocycles. The van der Waals surface area contributed by atoms with Crippen molar-refractivity contribution in [3.63, 3.8) is 0 Å². The Kier molecular flexibility index (Phi) is 5.47. The summed E-state index contributed by atoms with van der Waals surface area (Å²) >= 11 is 3.65. The molecule has 0 aliphatic carbocycles. The van der Waals surface area contributed by atoms with E-state index < -0.39 is 0 Å². The number of nitrogens with zero attached hydrogens (tertiary/aromatic N) is 1. The molecule has 17 heavy (non-hydrogen) atoms. The van der Waals surface area contributed by atoms with Crippen molar-refractivity contribution < 1.29 is 0 Å². The Bertz CT molecular complexity index is 361. The lowest BCUT2D eigenvalue weighted by Gasteiger charge is -2.24. The number of benzene rings is 1. The van der Waals surface area contributed by atoms with Gasteiger partial charge in [0.2, 0.25) is 0 Å². The fourth-order valence-corrected chi connectivity index (χ4v) is 2.02. The minimum absolute atomic E-state index is 0.514. The van der Waals surface area contributed by atoms with Crippen molar-refractivity contribution in [1.29, 1.82) is 0 Å². The molecular weight excluding hydrogens is 276 g/mol. The Hall–Kier alpha value is -0.540. The van der Waals surface area contributed by atoms with Gasteiger partial charge in [0.25, 0.3) is 0 Å². The highest BCUT2D eigenvalue weighted by Crippen LogP contribution is 2.24. The number of nitrogens with one attached hydrogen (secondary N) is 1. The lowest BCUT2D eigenvalue weighted by molar-refractivity contribution is 0.588. The predicted octanol–water partition coefficient (Wildman–Crippen LogP) is 3.79. The molecule has 1 aromatic rings. The fourth-order valence-electron chi connectivity index (χ4n) is 1.51. The van der Waals surface area contributed by atoms with E-state index in [1.165, 1.54) is 15.7 Å². The van der Waals surface area contributed by atoms with E-state index >= 15 is 0 Å². The van der Waals surface area contributed by atoms with E-state index in [1.807, 2.05) is 0 Å². The van der Waals surface area contributed by atoms with Gasteiger partial charge >= 0.3 is 0 Å². The highest BCUT2D eigenvalue weighted by molar-refractivity contribution is 9.10. The molecule has 0 saturated carbocycles. The summed E-state index contributed by atoms with van der Waals surface area (Å²) in [5.41, 5.74) is 2.56. The van der Waals surface area contributed by atoms with E-state index in [4.69, 9.17) is 0 Å².